The highest BCUT2D eigenvalue weighted by Crippen LogP contribution is 2.36. The molecule has 4 rings (SSSR count). The van der Waals surface area contributed by atoms with Gasteiger partial charge in [0.2, 0.25) is 0 Å². The average molecular weight is 325 g/mol. The summed E-state index contributed by atoms with van der Waals surface area (Å²) in [6.07, 6.45) is 5.73. The molecular weight excluding hydrogens is 305 g/mol. The second-order valence-electron chi connectivity index (χ2n) is 6.30. The molecule has 24 heavy (non-hydrogen) atoms. The molecule has 2 unspecified atom stereocenters. The van der Waals surface area contributed by atoms with Gasteiger partial charge >= 0.3 is 0 Å². The Labute approximate surface area is 139 Å². The number of rotatable bonds is 4. The molecule has 0 bridgehead atoms. The van der Waals surface area contributed by atoms with Crippen LogP contribution >= 0.6 is 0 Å². The molecule has 0 radical (unpaired) electrons. The average Bonchev–Trinajstić information content (AvgIpc) is 3.24. The molecule has 1 aliphatic carbocycles. The van der Waals surface area contributed by atoms with Crippen molar-refractivity contribution in [2.24, 2.45) is 0 Å². The lowest BCUT2D eigenvalue weighted by Crippen LogP contribution is -2.24. The van der Waals surface area contributed by atoms with Crippen molar-refractivity contribution in [2.75, 3.05) is 5.32 Å². The molecule has 2 atom stereocenters. The smallest absolute Gasteiger partial charge is 0.254 e. The molecule has 2 heterocycles. The molecule has 1 saturated carbocycles. The van der Waals surface area contributed by atoms with Crippen molar-refractivity contribution in [3.05, 3.63) is 53.7 Å². The summed E-state index contributed by atoms with van der Waals surface area (Å²) in [5.74, 6) is 1.73. The zero-order valence-corrected chi connectivity index (χ0v) is 13.6. The van der Waals surface area contributed by atoms with Gasteiger partial charge in [-0.05, 0) is 37.0 Å². The summed E-state index contributed by atoms with van der Waals surface area (Å²) in [6, 6.07) is 9.23. The first kappa shape index (κ1) is 15.1. The minimum absolute atomic E-state index is 0.188. The van der Waals surface area contributed by atoms with Crippen LogP contribution in [0.25, 0.3) is 5.78 Å². The van der Waals surface area contributed by atoms with E-state index in [2.05, 4.69) is 27.3 Å². The summed E-state index contributed by atoms with van der Waals surface area (Å²) in [4.78, 5) is 8.69. The molecule has 5 nitrogen and oxygen atoms in total. The fourth-order valence-electron chi connectivity index (χ4n) is 3.58. The minimum Gasteiger partial charge on any atom is -0.367 e. The van der Waals surface area contributed by atoms with Crippen LogP contribution in [0, 0.1) is 5.82 Å². The van der Waals surface area contributed by atoms with Gasteiger partial charge in [-0.15, -0.1) is 0 Å². The van der Waals surface area contributed by atoms with Crippen LogP contribution in [-0.2, 0) is 6.42 Å². The summed E-state index contributed by atoms with van der Waals surface area (Å²) in [6.45, 7) is 2.08. The number of hydrogen-bond acceptors (Lipinski definition) is 4. The topological polar surface area (TPSA) is 55.1 Å². The van der Waals surface area contributed by atoms with E-state index in [0.717, 1.165) is 37.2 Å². The standard InChI is InChI=1S/C18H20FN5/c1-2-14-10-17(24-18(22-14)20-11-21-24)23-16-5-3-4-15(16)12-6-8-13(19)9-7-12/h6-11,15-16,23H,2-5H2,1H3. The highest BCUT2D eigenvalue weighted by molar-refractivity contribution is 5.46. The molecule has 0 saturated heterocycles. The van der Waals surface area contributed by atoms with E-state index >= 15 is 0 Å². The number of fused-ring (bicyclic) bond motifs is 1. The Kier molecular flexibility index (Phi) is 3.88. The number of hydrogen-bond donors (Lipinski definition) is 1. The SMILES string of the molecule is CCc1cc(NC2CCCC2c2ccc(F)cc2)n2ncnc2n1. The molecule has 1 aliphatic rings. The van der Waals surface area contributed by atoms with Gasteiger partial charge in [0, 0.05) is 23.7 Å². The number of aryl methyl sites for hydroxylation is 1. The molecule has 2 aromatic heterocycles. The lowest BCUT2D eigenvalue weighted by molar-refractivity contribution is 0.617. The molecule has 0 amide bonds. The van der Waals surface area contributed by atoms with E-state index in [1.165, 1.54) is 11.9 Å². The normalized spacial score (nSPS) is 20.6. The predicted molar refractivity (Wildman–Crippen MR) is 90.6 cm³/mol. The van der Waals surface area contributed by atoms with Gasteiger partial charge < -0.3 is 5.32 Å². The van der Waals surface area contributed by atoms with Gasteiger partial charge in [-0.2, -0.15) is 14.6 Å². The maximum atomic E-state index is 13.2. The first-order valence-electron chi connectivity index (χ1n) is 8.46. The number of anilines is 1. The molecule has 1 fully saturated rings. The van der Waals surface area contributed by atoms with Crippen molar-refractivity contribution in [1.29, 1.82) is 0 Å². The third kappa shape index (κ3) is 2.72. The van der Waals surface area contributed by atoms with Crippen LogP contribution in [0.15, 0.2) is 36.7 Å². The van der Waals surface area contributed by atoms with Gasteiger partial charge in [-0.1, -0.05) is 25.5 Å². The van der Waals surface area contributed by atoms with Gasteiger partial charge in [-0.25, -0.2) is 9.37 Å². The Morgan fingerprint density at radius 1 is 1.25 bits per heavy atom. The van der Waals surface area contributed by atoms with E-state index < -0.39 is 0 Å². The maximum Gasteiger partial charge on any atom is 0.254 e. The second-order valence-corrected chi connectivity index (χ2v) is 6.30. The maximum absolute atomic E-state index is 13.2. The van der Waals surface area contributed by atoms with Crippen molar-refractivity contribution >= 4 is 11.6 Å². The van der Waals surface area contributed by atoms with E-state index in [1.54, 1.807) is 16.6 Å². The summed E-state index contributed by atoms with van der Waals surface area (Å²) in [5.41, 5.74) is 2.18. The molecule has 124 valence electrons. The lowest BCUT2D eigenvalue weighted by Gasteiger charge is -2.23. The van der Waals surface area contributed by atoms with Crippen LogP contribution in [-0.4, -0.2) is 25.6 Å². The van der Waals surface area contributed by atoms with E-state index in [-0.39, 0.29) is 5.82 Å². The van der Waals surface area contributed by atoms with Crippen molar-refractivity contribution in [3.8, 4) is 0 Å². The fraction of sp³-hybridized carbons (Fsp3) is 0.389. The molecule has 1 N–H and O–H groups in total. The van der Waals surface area contributed by atoms with Gasteiger partial charge in [0.15, 0.2) is 0 Å². The molecule has 6 heteroatoms. The summed E-state index contributed by atoms with van der Waals surface area (Å²) in [5, 5.41) is 7.91. The van der Waals surface area contributed by atoms with Crippen LogP contribution in [0.2, 0.25) is 0 Å². The molecule has 3 aromatic rings. The minimum atomic E-state index is -0.188. The van der Waals surface area contributed by atoms with Gasteiger partial charge in [0.25, 0.3) is 5.78 Å². The summed E-state index contributed by atoms with van der Waals surface area (Å²) in [7, 11) is 0. The largest absolute Gasteiger partial charge is 0.367 e. The van der Waals surface area contributed by atoms with Gasteiger partial charge in [0.05, 0.1) is 0 Å². The predicted octanol–water partition coefficient (Wildman–Crippen LogP) is 3.57. The van der Waals surface area contributed by atoms with Crippen LogP contribution in [0.3, 0.4) is 0 Å². The van der Waals surface area contributed by atoms with Crippen LogP contribution in [0.1, 0.15) is 43.4 Å². The Balaban J connectivity index is 1.64. The highest BCUT2D eigenvalue weighted by atomic mass is 19.1. The summed E-state index contributed by atoms with van der Waals surface area (Å²) >= 11 is 0. The van der Waals surface area contributed by atoms with Crippen LogP contribution in [0.4, 0.5) is 10.2 Å². The van der Waals surface area contributed by atoms with Gasteiger partial charge in [0.1, 0.15) is 18.0 Å². The van der Waals surface area contributed by atoms with Crippen molar-refractivity contribution in [3.63, 3.8) is 0 Å². The molecule has 1 aromatic carbocycles. The van der Waals surface area contributed by atoms with Crippen molar-refractivity contribution < 1.29 is 4.39 Å². The Bertz CT molecular complexity index is 842. The van der Waals surface area contributed by atoms with Crippen molar-refractivity contribution in [1.82, 2.24) is 19.6 Å². The zero-order chi connectivity index (χ0) is 16.5. The molecular formula is C18H20FN5. The Morgan fingerprint density at radius 3 is 2.88 bits per heavy atom. The zero-order valence-electron chi connectivity index (χ0n) is 13.6. The third-order valence-electron chi connectivity index (χ3n) is 4.81. The van der Waals surface area contributed by atoms with Crippen molar-refractivity contribution in [2.45, 2.75) is 44.6 Å². The van der Waals surface area contributed by atoms with E-state index in [0.29, 0.717) is 17.7 Å². The van der Waals surface area contributed by atoms with Crippen LogP contribution in [0.5, 0.6) is 0 Å². The third-order valence-corrected chi connectivity index (χ3v) is 4.81. The quantitative estimate of drug-likeness (QED) is 0.797. The number of aromatic nitrogens is 4. The summed E-state index contributed by atoms with van der Waals surface area (Å²) < 4.78 is 14.9. The number of benzene rings is 1. The first-order valence-corrected chi connectivity index (χ1v) is 8.46. The van der Waals surface area contributed by atoms with E-state index in [1.807, 2.05) is 18.2 Å². The fourth-order valence-corrected chi connectivity index (χ4v) is 3.58. The van der Waals surface area contributed by atoms with Crippen LogP contribution < -0.4 is 5.32 Å². The monoisotopic (exact) mass is 325 g/mol. The van der Waals surface area contributed by atoms with E-state index in [9.17, 15) is 4.39 Å². The Hall–Kier alpha value is -2.50. The lowest BCUT2D eigenvalue weighted by atomic mass is 9.94. The first-order chi connectivity index (χ1) is 11.7. The number of halogens is 1. The number of nitrogens with zero attached hydrogens (tertiary/aromatic N) is 4. The Morgan fingerprint density at radius 2 is 2.08 bits per heavy atom. The molecule has 0 aliphatic heterocycles. The number of nitrogens with one attached hydrogen (secondary N) is 1. The highest BCUT2D eigenvalue weighted by Gasteiger charge is 2.29. The van der Waals surface area contributed by atoms with Gasteiger partial charge in [-0.3, -0.25) is 0 Å². The second kappa shape index (κ2) is 6.19. The van der Waals surface area contributed by atoms with E-state index in [4.69, 9.17) is 0 Å². The molecule has 0 spiro atoms.